The highest BCUT2D eigenvalue weighted by atomic mass is 19.4. The number of alkyl halides is 3. The van der Waals surface area contributed by atoms with Gasteiger partial charge in [0.2, 0.25) is 5.91 Å². The molecule has 2 aliphatic carbocycles. The van der Waals surface area contributed by atoms with Crippen LogP contribution in [0.3, 0.4) is 0 Å². The molecule has 2 saturated carbocycles. The molecule has 2 amide bonds. The fourth-order valence-electron chi connectivity index (χ4n) is 6.85. The number of carbonyl (C=O) groups excluding carboxylic acids is 2. The van der Waals surface area contributed by atoms with Gasteiger partial charge in [-0.15, -0.1) is 0 Å². The first-order valence-electron chi connectivity index (χ1n) is 15.5. The van der Waals surface area contributed by atoms with Gasteiger partial charge in [-0.3, -0.25) is 14.6 Å². The Kier molecular flexibility index (Phi) is 7.46. The molecule has 0 bridgehead atoms. The van der Waals surface area contributed by atoms with E-state index in [1.165, 1.54) is 15.9 Å². The van der Waals surface area contributed by atoms with Crippen molar-refractivity contribution in [3.63, 3.8) is 0 Å². The van der Waals surface area contributed by atoms with E-state index >= 15 is 0 Å². The monoisotopic (exact) mass is 647 g/mol. The van der Waals surface area contributed by atoms with Crippen LogP contribution in [0.4, 0.5) is 18.9 Å². The van der Waals surface area contributed by atoms with Crippen LogP contribution in [0.1, 0.15) is 82.3 Å². The zero-order chi connectivity index (χ0) is 33.2. The van der Waals surface area contributed by atoms with E-state index in [0.29, 0.717) is 47.5 Å². The number of rotatable bonds is 6. The number of ether oxygens (including phenoxy) is 1. The van der Waals surface area contributed by atoms with Crippen molar-refractivity contribution in [2.45, 2.75) is 62.4 Å². The van der Waals surface area contributed by atoms with Crippen LogP contribution < -0.4 is 5.73 Å². The van der Waals surface area contributed by atoms with Crippen LogP contribution in [0.5, 0.6) is 5.75 Å². The molecular weight excluding hydrogens is 615 g/mol. The molecule has 1 aromatic carbocycles. The molecule has 0 spiro atoms. The van der Waals surface area contributed by atoms with E-state index < -0.39 is 35.8 Å². The van der Waals surface area contributed by atoms with Crippen LogP contribution in [-0.4, -0.2) is 67.2 Å². The number of nitrogens with zero attached hydrogens (tertiary/aromatic N) is 6. The Morgan fingerprint density at radius 1 is 1.19 bits per heavy atom. The molecule has 4 aliphatic rings. The Balaban J connectivity index is 1.33. The van der Waals surface area contributed by atoms with Crippen molar-refractivity contribution < 1.29 is 32.6 Å². The number of benzene rings is 1. The van der Waals surface area contributed by atoms with E-state index in [2.05, 4.69) is 17.6 Å². The number of nitriles is 1. The maximum absolute atomic E-state index is 14.0. The highest BCUT2D eigenvalue weighted by Crippen LogP contribution is 2.46. The van der Waals surface area contributed by atoms with Gasteiger partial charge in [-0.1, -0.05) is 12.6 Å². The zero-order valence-corrected chi connectivity index (χ0v) is 25.3. The molecule has 2 atom stereocenters. The van der Waals surface area contributed by atoms with Crippen molar-refractivity contribution in [3.8, 4) is 17.5 Å². The molecule has 47 heavy (non-hydrogen) atoms. The summed E-state index contributed by atoms with van der Waals surface area (Å²) in [7, 11) is 0. The summed E-state index contributed by atoms with van der Waals surface area (Å²) in [4.78, 5) is 33.6. The molecule has 2 fully saturated rings. The Hall–Kier alpha value is -4.90. The lowest BCUT2D eigenvalue weighted by Crippen LogP contribution is -2.46. The van der Waals surface area contributed by atoms with E-state index in [1.54, 1.807) is 10.7 Å². The van der Waals surface area contributed by atoms with Crippen molar-refractivity contribution in [3.05, 3.63) is 76.9 Å². The number of phenols is 1. The predicted molar refractivity (Wildman–Crippen MR) is 161 cm³/mol. The topological polar surface area (TPSA) is 151 Å². The van der Waals surface area contributed by atoms with Crippen molar-refractivity contribution in [2.24, 2.45) is 5.92 Å². The summed E-state index contributed by atoms with van der Waals surface area (Å²) in [5.74, 6) is -0.697. The summed E-state index contributed by atoms with van der Waals surface area (Å²) in [6.07, 6.45) is -0.236. The summed E-state index contributed by atoms with van der Waals surface area (Å²) in [6.45, 7) is 3.86. The molecule has 7 rings (SSSR count). The molecule has 244 valence electrons. The molecule has 11 nitrogen and oxygen atoms in total. The molecule has 2 aliphatic heterocycles. The molecule has 3 N–H and O–H groups in total. The molecule has 4 heterocycles. The van der Waals surface area contributed by atoms with Crippen molar-refractivity contribution in [1.82, 2.24) is 24.6 Å². The van der Waals surface area contributed by atoms with Gasteiger partial charge in [-0.2, -0.15) is 23.5 Å². The minimum Gasteiger partial charge on any atom is -0.506 e. The lowest BCUT2D eigenvalue weighted by Gasteiger charge is -2.38. The second kappa shape index (κ2) is 11.4. The van der Waals surface area contributed by atoms with Gasteiger partial charge in [0.1, 0.15) is 23.2 Å². The average Bonchev–Trinajstić information content (AvgIpc) is 3.82. The second-order valence-corrected chi connectivity index (χ2v) is 12.6. The molecule has 2 unspecified atom stereocenters. The third-order valence-electron chi connectivity index (χ3n) is 9.55. The normalized spacial score (nSPS) is 23.7. The van der Waals surface area contributed by atoms with Crippen molar-refractivity contribution >= 4 is 17.5 Å². The van der Waals surface area contributed by atoms with Crippen LogP contribution in [-0.2, 0) is 22.1 Å². The minimum atomic E-state index is -4.74. The highest BCUT2D eigenvalue weighted by Gasteiger charge is 2.45. The first-order chi connectivity index (χ1) is 22.5. The Labute approximate surface area is 268 Å². The van der Waals surface area contributed by atoms with Gasteiger partial charge in [-0.05, 0) is 61.4 Å². The summed E-state index contributed by atoms with van der Waals surface area (Å²) >= 11 is 0. The van der Waals surface area contributed by atoms with Crippen LogP contribution in [0.2, 0.25) is 0 Å². The standard InChI is InChI=1S/C33H32F3N7O4/c1-2-29(45)41-15-25-30-24(7-8-42(25)32(46)21-14-39-28(12-22(21)38)33(34,35)36)43(23-6-5-19(11-26(23)44)18-3-4-18)40-31(30)27(16-41)47-20-9-17(10-20)13-37/h2,5-6,11-12,14,17-18,20,25,27,44H,1,3-4,7-10,15-16H2,(H2,38,39). The number of halogens is 3. The number of nitrogen functional groups attached to an aromatic ring is 1. The first kappa shape index (κ1) is 30.7. The number of nitrogens with two attached hydrogens (primary N) is 1. The average molecular weight is 648 g/mol. The van der Waals surface area contributed by atoms with Crippen LogP contribution in [0.15, 0.2) is 43.1 Å². The Bertz CT molecular complexity index is 1820. The lowest BCUT2D eigenvalue weighted by molar-refractivity contribution is -0.141. The maximum atomic E-state index is 14.0. The van der Waals surface area contributed by atoms with Crippen LogP contribution in [0.25, 0.3) is 5.69 Å². The van der Waals surface area contributed by atoms with Crippen LogP contribution >= 0.6 is 0 Å². The zero-order valence-electron chi connectivity index (χ0n) is 25.3. The SMILES string of the molecule is C=CC(=O)N1CC(OC2CC(C#N)C2)c2nn(-c3ccc(C4CC4)cc3O)c3c2C(C1)N(C(=O)c1cnc(C(F)(F)F)cc1N)CC3. The van der Waals surface area contributed by atoms with Gasteiger partial charge in [0.15, 0.2) is 0 Å². The fraction of sp³-hybridized carbons (Fsp3) is 0.424. The van der Waals surface area contributed by atoms with Crippen molar-refractivity contribution in [2.75, 3.05) is 25.4 Å². The highest BCUT2D eigenvalue weighted by molar-refractivity contribution is 5.99. The number of amides is 2. The van der Waals surface area contributed by atoms with E-state index in [9.17, 15) is 33.1 Å². The van der Waals surface area contributed by atoms with Gasteiger partial charge in [0, 0.05) is 37.0 Å². The van der Waals surface area contributed by atoms with Crippen LogP contribution in [0, 0.1) is 17.2 Å². The second-order valence-electron chi connectivity index (χ2n) is 12.6. The third kappa shape index (κ3) is 5.48. The van der Waals surface area contributed by atoms with E-state index in [0.717, 1.165) is 24.6 Å². The smallest absolute Gasteiger partial charge is 0.433 e. The van der Waals surface area contributed by atoms with E-state index in [1.807, 2.05) is 12.1 Å². The van der Waals surface area contributed by atoms with Gasteiger partial charge >= 0.3 is 6.18 Å². The van der Waals surface area contributed by atoms with Gasteiger partial charge in [-0.25, -0.2) is 4.68 Å². The maximum Gasteiger partial charge on any atom is 0.433 e. The summed E-state index contributed by atoms with van der Waals surface area (Å²) in [5, 5.41) is 25.4. The largest absolute Gasteiger partial charge is 0.506 e. The van der Waals surface area contributed by atoms with E-state index in [-0.39, 0.29) is 55.1 Å². The number of hydrogen-bond acceptors (Lipinski definition) is 8. The lowest BCUT2D eigenvalue weighted by atomic mass is 9.83. The number of anilines is 1. The number of aromatic hydroxyl groups is 1. The van der Waals surface area contributed by atoms with Gasteiger partial charge in [0.05, 0.1) is 47.6 Å². The third-order valence-corrected chi connectivity index (χ3v) is 9.55. The van der Waals surface area contributed by atoms with Gasteiger partial charge in [0.25, 0.3) is 5.91 Å². The number of carbonyl (C=O) groups is 2. The molecule has 0 radical (unpaired) electrons. The summed E-state index contributed by atoms with van der Waals surface area (Å²) in [6, 6.07) is 7.63. The van der Waals surface area contributed by atoms with Gasteiger partial charge < -0.3 is 25.4 Å². The Morgan fingerprint density at radius 3 is 2.60 bits per heavy atom. The number of phenolic OH excluding ortho intramolecular Hbond substituents is 1. The molecule has 0 saturated heterocycles. The minimum absolute atomic E-state index is 0.0220. The predicted octanol–water partition coefficient (Wildman–Crippen LogP) is 4.58. The first-order valence-corrected chi connectivity index (χ1v) is 15.5. The molecular formula is C33H32F3N7O4. The summed E-state index contributed by atoms with van der Waals surface area (Å²) < 4.78 is 48.1. The molecule has 2 aromatic heterocycles. The summed E-state index contributed by atoms with van der Waals surface area (Å²) in [5.41, 5.74) is 7.53. The quantitative estimate of drug-likeness (QED) is 0.369. The number of pyridine rings is 1. The van der Waals surface area contributed by atoms with E-state index in [4.69, 9.17) is 15.6 Å². The fourth-order valence-corrected chi connectivity index (χ4v) is 6.85. The number of aromatic nitrogens is 3. The molecule has 14 heteroatoms. The molecule has 3 aromatic rings. The van der Waals surface area contributed by atoms with Crippen molar-refractivity contribution in [1.29, 1.82) is 5.26 Å². The Morgan fingerprint density at radius 2 is 1.96 bits per heavy atom. The number of hydrogen-bond donors (Lipinski definition) is 2.